The first-order chi connectivity index (χ1) is 8.51. The fourth-order valence-corrected chi connectivity index (χ4v) is 3.14. The van der Waals surface area contributed by atoms with Crippen molar-refractivity contribution in [1.29, 1.82) is 0 Å². The van der Waals surface area contributed by atoms with E-state index in [2.05, 4.69) is 0 Å². The number of hydrogen-bond acceptors (Lipinski definition) is 2. The quantitative estimate of drug-likeness (QED) is 0.813. The molecule has 1 unspecified atom stereocenters. The molecule has 1 aliphatic rings. The minimum absolute atomic E-state index is 0.0606. The maximum atomic E-state index is 11.8. The summed E-state index contributed by atoms with van der Waals surface area (Å²) in [6.07, 6.45) is 2.03. The van der Waals surface area contributed by atoms with Crippen LogP contribution in [0.5, 0.6) is 5.75 Å². The van der Waals surface area contributed by atoms with Gasteiger partial charge >= 0.3 is 0 Å². The third-order valence-corrected chi connectivity index (χ3v) is 4.36. The maximum Gasteiger partial charge on any atom is 0.146 e. The predicted octanol–water partition coefficient (Wildman–Crippen LogP) is 4.52. The monoisotopic (exact) mass is 286 g/mol. The minimum atomic E-state index is -0.325. The predicted molar refractivity (Wildman–Crippen MR) is 73.5 cm³/mol. The number of rotatable bonds is 4. The van der Waals surface area contributed by atoms with Gasteiger partial charge < -0.3 is 4.74 Å². The molecule has 1 aromatic rings. The fourth-order valence-electron chi connectivity index (χ4n) is 2.63. The third kappa shape index (κ3) is 2.24. The van der Waals surface area contributed by atoms with Gasteiger partial charge in [-0.1, -0.05) is 37.0 Å². The zero-order valence-electron chi connectivity index (χ0n) is 10.5. The van der Waals surface area contributed by atoms with E-state index in [4.69, 9.17) is 27.9 Å². The van der Waals surface area contributed by atoms with Crippen LogP contribution >= 0.6 is 23.2 Å². The van der Waals surface area contributed by atoms with Crippen molar-refractivity contribution in [2.24, 2.45) is 5.41 Å². The zero-order valence-corrected chi connectivity index (χ0v) is 12.0. The van der Waals surface area contributed by atoms with Crippen molar-refractivity contribution in [3.8, 4) is 5.75 Å². The summed E-state index contributed by atoms with van der Waals surface area (Å²) in [5.74, 6) is 0.932. The lowest BCUT2D eigenvalue weighted by molar-refractivity contribution is -0.153. The van der Waals surface area contributed by atoms with Gasteiger partial charge in [-0.05, 0) is 31.0 Å². The van der Waals surface area contributed by atoms with Crippen LogP contribution in [0.2, 0.25) is 10.0 Å². The van der Waals surface area contributed by atoms with Crippen molar-refractivity contribution in [2.75, 3.05) is 0 Å². The first kappa shape index (κ1) is 13.7. The molecule has 18 heavy (non-hydrogen) atoms. The summed E-state index contributed by atoms with van der Waals surface area (Å²) < 4.78 is 5.89. The molecule has 0 aliphatic heterocycles. The molecular weight excluding hydrogens is 271 g/mol. The van der Waals surface area contributed by atoms with Gasteiger partial charge in [0.25, 0.3) is 0 Å². The van der Waals surface area contributed by atoms with E-state index in [1.165, 1.54) is 0 Å². The Morgan fingerprint density at radius 1 is 1.22 bits per heavy atom. The first-order valence-corrected chi connectivity index (χ1v) is 6.93. The summed E-state index contributed by atoms with van der Waals surface area (Å²) in [6, 6.07) is 5.12. The Morgan fingerprint density at radius 2 is 1.78 bits per heavy atom. The SMILES string of the molecule is CCC1(CC)C(=O)CC1Oc1cc(Cl)cc(Cl)c1. The molecule has 0 heterocycles. The van der Waals surface area contributed by atoms with Crippen molar-refractivity contribution < 1.29 is 9.53 Å². The summed E-state index contributed by atoms with van der Waals surface area (Å²) in [5, 5.41) is 1.09. The van der Waals surface area contributed by atoms with Crippen LogP contribution in [0.25, 0.3) is 0 Å². The van der Waals surface area contributed by atoms with Crippen molar-refractivity contribution in [1.82, 2.24) is 0 Å². The minimum Gasteiger partial charge on any atom is -0.489 e. The highest BCUT2D eigenvalue weighted by molar-refractivity contribution is 6.34. The second-order valence-electron chi connectivity index (χ2n) is 4.70. The molecule has 0 spiro atoms. The van der Waals surface area contributed by atoms with Gasteiger partial charge in [-0.3, -0.25) is 4.79 Å². The lowest BCUT2D eigenvalue weighted by Crippen LogP contribution is -2.56. The van der Waals surface area contributed by atoms with Crippen molar-refractivity contribution in [2.45, 2.75) is 39.2 Å². The molecule has 98 valence electrons. The van der Waals surface area contributed by atoms with Gasteiger partial charge in [-0.15, -0.1) is 0 Å². The molecule has 1 aromatic carbocycles. The van der Waals surface area contributed by atoms with Crippen LogP contribution in [0.15, 0.2) is 18.2 Å². The Bertz CT molecular complexity index is 447. The van der Waals surface area contributed by atoms with E-state index in [0.29, 0.717) is 28.0 Å². The average Bonchev–Trinajstić information content (AvgIpc) is 2.29. The van der Waals surface area contributed by atoms with Crippen molar-refractivity contribution in [3.63, 3.8) is 0 Å². The van der Waals surface area contributed by atoms with Crippen LogP contribution in [0.3, 0.4) is 0 Å². The Morgan fingerprint density at radius 3 is 2.22 bits per heavy atom. The Balaban J connectivity index is 2.17. The van der Waals surface area contributed by atoms with E-state index < -0.39 is 0 Å². The first-order valence-electron chi connectivity index (χ1n) is 6.18. The second kappa shape index (κ2) is 5.10. The van der Waals surface area contributed by atoms with Gasteiger partial charge in [0, 0.05) is 16.5 Å². The summed E-state index contributed by atoms with van der Waals surface area (Å²) in [6.45, 7) is 4.06. The largest absolute Gasteiger partial charge is 0.489 e. The normalized spacial score (nSPS) is 21.6. The third-order valence-electron chi connectivity index (χ3n) is 3.92. The summed E-state index contributed by atoms with van der Waals surface area (Å²) >= 11 is 11.9. The molecule has 0 aromatic heterocycles. The lowest BCUT2D eigenvalue weighted by Gasteiger charge is -2.46. The molecule has 0 N–H and O–H groups in total. The van der Waals surface area contributed by atoms with E-state index in [0.717, 1.165) is 12.8 Å². The molecule has 0 amide bonds. The van der Waals surface area contributed by atoms with Crippen LogP contribution in [0.1, 0.15) is 33.1 Å². The van der Waals surface area contributed by atoms with E-state index >= 15 is 0 Å². The number of halogens is 2. The molecule has 1 atom stereocenters. The number of carbonyl (C=O) groups is 1. The molecule has 1 saturated carbocycles. The highest BCUT2D eigenvalue weighted by atomic mass is 35.5. The van der Waals surface area contributed by atoms with Gasteiger partial charge in [0.2, 0.25) is 0 Å². The van der Waals surface area contributed by atoms with Gasteiger partial charge in [0.15, 0.2) is 0 Å². The number of benzene rings is 1. The van der Waals surface area contributed by atoms with E-state index in [1.54, 1.807) is 18.2 Å². The number of ketones is 1. The van der Waals surface area contributed by atoms with E-state index in [1.807, 2.05) is 13.8 Å². The van der Waals surface area contributed by atoms with Gasteiger partial charge in [-0.2, -0.15) is 0 Å². The molecule has 0 saturated heterocycles. The molecule has 0 radical (unpaired) electrons. The lowest BCUT2D eigenvalue weighted by atomic mass is 9.61. The Labute approximate surface area is 117 Å². The standard InChI is InChI=1S/C14H16Cl2O2/c1-3-14(4-2)12(17)8-13(14)18-11-6-9(15)5-10(16)7-11/h5-7,13H,3-4,8H2,1-2H3. The number of hydrogen-bond donors (Lipinski definition) is 0. The van der Waals surface area contributed by atoms with Gasteiger partial charge in [0.1, 0.15) is 17.6 Å². The highest BCUT2D eigenvalue weighted by Gasteiger charge is 2.53. The van der Waals surface area contributed by atoms with Crippen molar-refractivity contribution >= 4 is 29.0 Å². The fraction of sp³-hybridized carbons (Fsp3) is 0.500. The van der Waals surface area contributed by atoms with E-state index in [9.17, 15) is 4.79 Å². The maximum absolute atomic E-state index is 11.8. The van der Waals surface area contributed by atoms with E-state index in [-0.39, 0.29) is 11.5 Å². The molecular formula is C14H16Cl2O2. The average molecular weight is 287 g/mol. The van der Waals surface area contributed by atoms with Crippen molar-refractivity contribution in [3.05, 3.63) is 28.2 Å². The molecule has 2 rings (SSSR count). The van der Waals surface area contributed by atoms with Crippen LogP contribution in [0, 0.1) is 5.41 Å². The topological polar surface area (TPSA) is 26.3 Å². The van der Waals surface area contributed by atoms with Gasteiger partial charge in [0.05, 0.1) is 5.41 Å². The summed E-state index contributed by atoms with van der Waals surface area (Å²) in [4.78, 5) is 11.8. The zero-order chi connectivity index (χ0) is 13.3. The van der Waals surface area contributed by atoms with Crippen LogP contribution in [-0.2, 0) is 4.79 Å². The van der Waals surface area contributed by atoms with Gasteiger partial charge in [-0.25, -0.2) is 0 Å². The van der Waals surface area contributed by atoms with Crippen LogP contribution < -0.4 is 4.74 Å². The Hall–Kier alpha value is -0.730. The molecule has 2 nitrogen and oxygen atoms in total. The number of carbonyl (C=O) groups excluding carboxylic acids is 1. The highest BCUT2D eigenvalue weighted by Crippen LogP contribution is 2.46. The summed E-state index contributed by atoms with van der Waals surface area (Å²) in [7, 11) is 0. The second-order valence-corrected chi connectivity index (χ2v) is 5.58. The number of Topliss-reactive ketones (excluding diaryl/α,β-unsaturated/α-hetero) is 1. The van der Waals surface area contributed by atoms with Crippen LogP contribution in [-0.4, -0.2) is 11.9 Å². The Kier molecular flexibility index (Phi) is 3.88. The molecule has 1 fully saturated rings. The summed E-state index contributed by atoms with van der Waals surface area (Å²) in [5.41, 5.74) is -0.325. The van der Waals surface area contributed by atoms with Crippen LogP contribution in [0.4, 0.5) is 0 Å². The molecule has 4 heteroatoms. The molecule has 1 aliphatic carbocycles. The molecule has 0 bridgehead atoms. The number of ether oxygens (including phenoxy) is 1. The smallest absolute Gasteiger partial charge is 0.146 e.